The van der Waals surface area contributed by atoms with Gasteiger partial charge in [0.2, 0.25) is 0 Å². The van der Waals surface area contributed by atoms with Crippen molar-refractivity contribution in [1.82, 2.24) is 0 Å². The van der Waals surface area contributed by atoms with Crippen molar-refractivity contribution in [3.63, 3.8) is 0 Å². The lowest BCUT2D eigenvalue weighted by Crippen LogP contribution is -2.01. The van der Waals surface area contributed by atoms with E-state index < -0.39 is 0 Å². The minimum absolute atomic E-state index is 0.186. The first-order valence-electron chi connectivity index (χ1n) is 3.82. The van der Waals surface area contributed by atoms with Gasteiger partial charge in [-0.15, -0.1) is 0 Å². The third kappa shape index (κ3) is 6.65. The van der Waals surface area contributed by atoms with Crippen molar-refractivity contribution in [2.75, 3.05) is 12.4 Å². The highest BCUT2D eigenvalue weighted by atomic mass is 32.8. The van der Waals surface area contributed by atoms with Crippen LogP contribution in [0.3, 0.4) is 0 Å². The van der Waals surface area contributed by atoms with E-state index in [0.29, 0.717) is 0 Å². The molecule has 0 radical (unpaired) electrons. The van der Waals surface area contributed by atoms with Crippen molar-refractivity contribution in [2.45, 2.75) is 33.1 Å². The average molecular weight is 180 g/mol. The Morgan fingerprint density at radius 3 is 2.50 bits per heavy atom. The lowest BCUT2D eigenvalue weighted by molar-refractivity contribution is 0.368. The van der Waals surface area contributed by atoms with Crippen LogP contribution in [-0.2, 0) is 25.1 Å². The summed E-state index contributed by atoms with van der Waals surface area (Å²) < 4.78 is 5.34. The molecule has 0 aromatic rings. The third-order valence-corrected chi connectivity index (χ3v) is 2.92. The second-order valence-corrected chi connectivity index (χ2v) is 4.55. The summed E-state index contributed by atoms with van der Waals surface area (Å²) in [5.74, 6) is 1.06. The molecule has 1 atom stereocenters. The quantitative estimate of drug-likeness (QED) is 0.620. The van der Waals surface area contributed by atoms with Crippen LogP contribution in [0.4, 0.5) is 0 Å². The van der Waals surface area contributed by atoms with Gasteiger partial charge in [0.05, 0.1) is 6.61 Å². The van der Waals surface area contributed by atoms with Crippen molar-refractivity contribution < 1.29 is 4.18 Å². The van der Waals surface area contributed by atoms with Crippen LogP contribution in [0, 0.1) is 0 Å². The minimum atomic E-state index is -0.186. The topological polar surface area (TPSA) is 9.23 Å². The Morgan fingerprint density at radius 1 is 1.30 bits per heavy atom. The fraction of sp³-hybridized carbons (Fsp3) is 1.00. The van der Waals surface area contributed by atoms with Crippen molar-refractivity contribution in [2.24, 2.45) is 0 Å². The van der Waals surface area contributed by atoms with E-state index in [2.05, 4.69) is 13.8 Å². The maximum Gasteiger partial charge on any atom is 0.0614 e. The second kappa shape index (κ2) is 7.63. The maximum atomic E-state index is 5.34. The molecule has 0 aromatic heterocycles. The molecule has 0 amide bonds. The van der Waals surface area contributed by atoms with Crippen LogP contribution >= 0.6 is 0 Å². The van der Waals surface area contributed by atoms with Crippen molar-refractivity contribution in [3.05, 3.63) is 0 Å². The van der Waals surface area contributed by atoms with E-state index in [1.54, 1.807) is 0 Å². The van der Waals surface area contributed by atoms with Gasteiger partial charge in [-0.05, 0) is 24.0 Å². The van der Waals surface area contributed by atoms with Gasteiger partial charge >= 0.3 is 0 Å². The molecule has 0 bridgehead atoms. The highest BCUT2D eigenvalue weighted by molar-refractivity contribution is 8.26. The van der Waals surface area contributed by atoms with Crippen molar-refractivity contribution in [3.8, 4) is 0 Å². The fourth-order valence-electron chi connectivity index (χ4n) is 0.497. The normalized spacial score (nSPS) is 13.4. The molecule has 0 aromatic carbocycles. The maximum absolute atomic E-state index is 5.34. The summed E-state index contributed by atoms with van der Waals surface area (Å²) in [5, 5.41) is 0. The molecular formula is C7H16OS2. The van der Waals surface area contributed by atoms with Gasteiger partial charge in [0.1, 0.15) is 0 Å². The zero-order valence-corrected chi connectivity index (χ0v) is 8.39. The monoisotopic (exact) mass is 180 g/mol. The van der Waals surface area contributed by atoms with Crippen LogP contribution < -0.4 is 0 Å². The van der Waals surface area contributed by atoms with E-state index in [1.807, 2.05) is 0 Å². The van der Waals surface area contributed by atoms with Crippen LogP contribution in [0.5, 0.6) is 0 Å². The van der Waals surface area contributed by atoms with Gasteiger partial charge in [-0.3, -0.25) is 0 Å². The highest BCUT2D eigenvalue weighted by Crippen LogP contribution is 1.94. The average Bonchev–Trinajstić information content (AvgIpc) is 1.97. The zero-order valence-electron chi connectivity index (χ0n) is 6.76. The highest BCUT2D eigenvalue weighted by Gasteiger charge is 1.92. The molecule has 0 spiro atoms. The largest absolute Gasteiger partial charge is 0.312 e. The van der Waals surface area contributed by atoms with Gasteiger partial charge < -0.3 is 4.18 Å². The molecular weight excluding hydrogens is 164 g/mol. The molecule has 1 nitrogen and oxygen atoms in total. The molecule has 0 saturated carbocycles. The Bertz CT molecular complexity index is 83.6. The number of rotatable bonds is 6. The van der Waals surface area contributed by atoms with Crippen molar-refractivity contribution in [1.29, 1.82) is 0 Å². The summed E-state index contributed by atoms with van der Waals surface area (Å²) in [6.07, 6.45) is 3.50. The molecule has 0 aliphatic heterocycles. The van der Waals surface area contributed by atoms with Gasteiger partial charge in [-0.1, -0.05) is 20.3 Å². The molecule has 0 saturated heterocycles. The summed E-state index contributed by atoms with van der Waals surface area (Å²) >= 11 is 5.07. The van der Waals surface area contributed by atoms with Crippen LogP contribution in [-0.4, -0.2) is 12.4 Å². The Balaban J connectivity index is 3.09. The number of hydrogen-bond donors (Lipinski definition) is 0. The molecule has 10 heavy (non-hydrogen) atoms. The molecule has 0 heterocycles. The molecule has 0 rings (SSSR count). The van der Waals surface area contributed by atoms with Crippen molar-refractivity contribution >= 4 is 20.9 Å². The number of unbranched alkanes of at least 4 members (excludes halogenated alkanes) is 1. The summed E-state index contributed by atoms with van der Waals surface area (Å²) in [4.78, 5) is 0. The summed E-state index contributed by atoms with van der Waals surface area (Å²) in [6.45, 7) is 5.11. The van der Waals surface area contributed by atoms with E-state index in [1.165, 1.54) is 12.8 Å². The third-order valence-electron chi connectivity index (χ3n) is 1.08. The second-order valence-electron chi connectivity index (χ2n) is 2.18. The van der Waals surface area contributed by atoms with E-state index in [4.69, 9.17) is 15.4 Å². The van der Waals surface area contributed by atoms with Gasteiger partial charge in [-0.2, -0.15) is 0 Å². The molecule has 0 N–H and O–H groups in total. The predicted molar refractivity (Wildman–Crippen MR) is 50.7 cm³/mol. The minimum Gasteiger partial charge on any atom is -0.312 e. The Kier molecular flexibility index (Phi) is 8.04. The van der Waals surface area contributed by atoms with Crippen LogP contribution in [0.2, 0.25) is 0 Å². The molecule has 0 fully saturated rings. The van der Waals surface area contributed by atoms with Gasteiger partial charge in [0.15, 0.2) is 0 Å². The van der Waals surface area contributed by atoms with Crippen LogP contribution in [0.15, 0.2) is 0 Å². The first kappa shape index (κ1) is 10.5. The van der Waals surface area contributed by atoms with E-state index in [0.717, 1.165) is 18.8 Å². The summed E-state index contributed by atoms with van der Waals surface area (Å²) in [6, 6.07) is 0. The van der Waals surface area contributed by atoms with Crippen LogP contribution in [0.25, 0.3) is 0 Å². The Hall–Kier alpha value is 0.530. The molecule has 62 valence electrons. The molecule has 0 aliphatic rings. The smallest absolute Gasteiger partial charge is 0.0614 e. The van der Waals surface area contributed by atoms with Gasteiger partial charge in [0.25, 0.3) is 0 Å². The summed E-state index contributed by atoms with van der Waals surface area (Å²) in [7, 11) is -0.186. The van der Waals surface area contributed by atoms with Gasteiger partial charge in [0, 0.05) is 15.5 Å². The number of hydrogen-bond acceptors (Lipinski definition) is 2. The van der Waals surface area contributed by atoms with Crippen LogP contribution in [0.1, 0.15) is 33.1 Å². The predicted octanol–water partition coefficient (Wildman–Crippen LogP) is 2.21. The van der Waals surface area contributed by atoms with Gasteiger partial charge in [-0.25, -0.2) is 0 Å². The summed E-state index contributed by atoms with van der Waals surface area (Å²) in [5.41, 5.74) is 0. The van der Waals surface area contributed by atoms with E-state index >= 15 is 0 Å². The lowest BCUT2D eigenvalue weighted by atomic mass is 10.4. The SMILES string of the molecule is CCCCS(=S)OCCC. The fourth-order valence-corrected chi connectivity index (χ4v) is 2.05. The lowest BCUT2D eigenvalue weighted by Gasteiger charge is -2.02. The zero-order chi connectivity index (χ0) is 7.82. The first-order valence-corrected chi connectivity index (χ1v) is 6.07. The Labute approximate surface area is 71.0 Å². The first-order chi connectivity index (χ1) is 4.81. The van der Waals surface area contributed by atoms with E-state index in [-0.39, 0.29) is 9.74 Å². The molecule has 0 aliphatic carbocycles. The standard InChI is InChI=1S/C7H16OS2/c1-3-5-7-10(9)8-6-4-2/h3-7H2,1-2H3. The Morgan fingerprint density at radius 2 is 2.00 bits per heavy atom. The molecule has 3 heteroatoms. The van der Waals surface area contributed by atoms with E-state index in [9.17, 15) is 0 Å². The molecule has 1 unspecified atom stereocenters.